The minimum atomic E-state index is -1.31. The second kappa shape index (κ2) is 18.3. The number of benzene rings is 1. The second-order valence-corrected chi connectivity index (χ2v) is 10.7. The monoisotopic (exact) mass is 563 g/mol. The molecule has 0 fully saturated rings. The summed E-state index contributed by atoms with van der Waals surface area (Å²) >= 11 is 0. The molecular formula is C30H49N3O7. The van der Waals surface area contributed by atoms with Gasteiger partial charge in [-0.3, -0.25) is 14.4 Å². The van der Waals surface area contributed by atoms with Crippen LogP contribution in [0.2, 0.25) is 0 Å². The Hall–Kier alpha value is -3.14. The zero-order chi connectivity index (χ0) is 30.1. The Morgan fingerprint density at radius 1 is 0.975 bits per heavy atom. The van der Waals surface area contributed by atoms with Crippen molar-refractivity contribution in [2.45, 2.75) is 104 Å². The SMILES string of the molecule is CCCCCCCN(C(=O)C(CO)NC(=O)OC(C)(C)C)C(C(=O)NCCC(=O)OCC)c1ccc(CC)cc1. The number of carbonyl (C=O) groups excluding carboxylic acids is 4. The highest BCUT2D eigenvalue weighted by Crippen LogP contribution is 2.24. The van der Waals surface area contributed by atoms with Crippen LogP contribution in [-0.2, 0) is 30.3 Å². The molecule has 0 radical (unpaired) electrons. The van der Waals surface area contributed by atoms with Crippen molar-refractivity contribution in [2.75, 3.05) is 26.3 Å². The van der Waals surface area contributed by atoms with Gasteiger partial charge in [0.05, 0.1) is 19.6 Å². The van der Waals surface area contributed by atoms with Crippen LogP contribution in [0, 0.1) is 0 Å². The topological polar surface area (TPSA) is 134 Å². The molecule has 2 atom stereocenters. The maximum Gasteiger partial charge on any atom is 0.408 e. The predicted octanol–water partition coefficient (Wildman–Crippen LogP) is 4.04. The van der Waals surface area contributed by atoms with Crippen molar-refractivity contribution >= 4 is 23.9 Å². The van der Waals surface area contributed by atoms with Crippen molar-refractivity contribution in [1.82, 2.24) is 15.5 Å². The summed E-state index contributed by atoms with van der Waals surface area (Å²) < 4.78 is 10.2. The van der Waals surface area contributed by atoms with E-state index in [1.165, 1.54) is 4.90 Å². The molecule has 10 nitrogen and oxygen atoms in total. The highest BCUT2D eigenvalue weighted by atomic mass is 16.6. The lowest BCUT2D eigenvalue weighted by atomic mass is 10.00. The van der Waals surface area contributed by atoms with Crippen molar-refractivity contribution in [3.05, 3.63) is 35.4 Å². The van der Waals surface area contributed by atoms with Crippen LogP contribution in [-0.4, -0.2) is 71.8 Å². The number of nitrogens with zero attached hydrogens (tertiary/aromatic N) is 1. The Labute approximate surface area is 239 Å². The van der Waals surface area contributed by atoms with E-state index in [0.29, 0.717) is 12.0 Å². The van der Waals surface area contributed by atoms with Gasteiger partial charge in [-0.05, 0) is 51.7 Å². The molecule has 1 aromatic carbocycles. The van der Waals surface area contributed by atoms with Gasteiger partial charge in [0.2, 0.25) is 11.8 Å². The van der Waals surface area contributed by atoms with Gasteiger partial charge in [-0.15, -0.1) is 0 Å². The molecule has 0 heterocycles. The van der Waals surface area contributed by atoms with Crippen LogP contribution < -0.4 is 10.6 Å². The molecule has 0 aliphatic heterocycles. The molecule has 10 heteroatoms. The number of esters is 1. The molecule has 0 aliphatic rings. The second-order valence-electron chi connectivity index (χ2n) is 10.7. The van der Waals surface area contributed by atoms with Crippen LogP contribution in [0.3, 0.4) is 0 Å². The Bertz CT molecular complexity index is 928. The van der Waals surface area contributed by atoms with Crippen LogP contribution in [0.5, 0.6) is 0 Å². The molecule has 226 valence electrons. The lowest BCUT2D eigenvalue weighted by Crippen LogP contribution is -2.54. The molecule has 0 bridgehead atoms. The highest BCUT2D eigenvalue weighted by Gasteiger charge is 2.36. The molecule has 3 N–H and O–H groups in total. The summed E-state index contributed by atoms with van der Waals surface area (Å²) in [6.07, 6.45) is 4.55. The quantitative estimate of drug-likeness (QED) is 0.192. The molecule has 1 rings (SSSR count). The number of hydrogen-bond acceptors (Lipinski definition) is 7. The summed E-state index contributed by atoms with van der Waals surface area (Å²) in [6, 6.07) is 5.07. The number of nitrogens with one attached hydrogen (secondary N) is 2. The van der Waals surface area contributed by atoms with E-state index in [4.69, 9.17) is 9.47 Å². The van der Waals surface area contributed by atoms with E-state index in [2.05, 4.69) is 17.6 Å². The van der Waals surface area contributed by atoms with Crippen LogP contribution in [0.4, 0.5) is 4.79 Å². The van der Waals surface area contributed by atoms with Gasteiger partial charge < -0.3 is 30.1 Å². The summed E-state index contributed by atoms with van der Waals surface area (Å²) in [6.45, 7) is 10.8. The van der Waals surface area contributed by atoms with Gasteiger partial charge in [0.15, 0.2) is 0 Å². The molecule has 0 aliphatic carbocycles. The maximum absolute atomic E-state index is 13.8. The maximum atomic E-state index is 13.8. The first kappa shape index (κ1) is 34.9. The van der Waals surface area contributed by atoms with Gasteiger partial charge >= 0.3 is 12.1 Å². The van der Waals surface area contributed by atoms with Crippen LogP contribution in [0.15, 0.2) is 24.3 Å². The zero-order valence-electron chi connectivity index (χ0n) is 25.1. The number of unbranched alkanes of at least 4 members (excludes halogenated alkanes) is 4. The molecule has 0 saturated heterocycles. The van der Waals surface area contributed by atoms with Gasteiger partial charge in [0.1, 0.15) is 17.7 Å². The fraction of sp³-hybridized carbons (Fsp3) is 0.667. The molecule has 3 amide bonds. The van der Waals surface area contributed by atoms with Crippen LogP contribution >= 0.6 is 0 Å². The van der Waals surface area contributed by atoms with Gasteiger partial charge in [-0.2, -0.15) is 0 Å². The van der Waals surface area contributed by atoms with Crippen LogP contribution in [0.25, 0.3) is 0 Å². The fourth-order valence-corrected chi connectivity index (χ4v) is 4.11. The molecule has 2 unspecified atom stereocenters. The average Bonchev–Trinajstić information content (AvgIpc) is 2.90. The van der Waals surface area contributed by atoms with Gasteiger partial charge in [-0.1, -0.05) is 63.8 Å². The fourth-order valence-electron chi connectivity index (χ4n) is 4.11. The Morgan fingerprint density at radius 2 is 1.62 bits per heavy atom. The first-order chi connectivity index (χ1) is 19.0. The van der Waals surface area contributed by atoms with E-state index in [1.54, 1.807) is 39.8 Å². The van der Waals surface area contributed by atoms with E-state index in [9.17, 15) is 24.3 Å². The summed E-state index contributed by atoms with van der Waals surface area (Å²) in [5, 5.41) is 15.3. The standard InChI is InChI=1S/C30H49N3O7/c1-7-10-11-12-13-20-33(28(37)24(21-34)32-29(38)40-30(4,5)6)26(23-16-14-22(8-2)15-17-23)27(36)31-19-18-25(35)39-9-3/h14-17,24,26,34H,7-13,18-21H2,1-6H3,(H,31,36)(H,32,38). The van der Waals surface area contributed by atoms with Crippen molar-refractivity contribution in [3.8, 4) is 0 Å². The zero-order valence-corrected chi connectivity index (χ0v) is 25.1. The number of rotatable bonds is 17. The number of alkyl carbamates (subject to hydrolysis) is 1. The predicted molar refractivity (Wildman–Crippen MR) is 154 cm³/mol. The number of carbonyl (C=O) groups is 4. The van der Waals surface area contributed by atoms with Crippen molar-refractivity contribution in [1.29, 1.82) is 0 Å². The van der Waals surface area contributed by atoms with Crippen LogP contribution in [0.1, 0.15) is 97.2 Å². The minimum absolute atomic E-state index is 0.00843. The molecule has 0 saturated carbocycles. The largest absolute Gasteiger partial charge is 0.466 e. The lowest BCUT2D eigenvalue weighted by Gasteiger charge is -2.34. The van der Waals surface area contributed by atoms with E-state index < -0.39 is 48.2 Å². The molecular weight excluding hydrogens is 514 g/mol. The third-order valence-electron chi connectivity index (χ3n) is 6.15. The smallest absolute Gasteiger partial charge is 0.408 e. The van der Waals surface area contributed by atoms with E-state index in [-0.39, 0.29) is 26.1 Å². The summed E-state index contributed by atoms with van der Waals surface area (Å²) in [4.78, 5) is 53.1. The Balaban J connectivity index is 3.34. The number of aliphatic hydroxyl groups excluding tert-OH is 1. The van der Waals surface area contributed by atoms with E-state index in [0.717, 1.165) is 37.7 Å². The third kappa shape index (κ3) is 12.8. The first-order valence-corrected chi connectivity index (χ1v) is 14.4. The number of aryl methyl sites for hydroxylation is 1. The Kier molecular flexibility index (Phi) is 15.9. The van der Waals surface area contributed by atoms with Gasteiger partial charge in [0, 0.05) is 13.1 Å². The summed E-state index contributed by atoms with van der Waals surface area (Å²) in [5.74, 6) is -1.50. The minimum Gasteiger partial charge on any atom is -0.466 e. The normalized spacial score (nSPS) is 12.7. The molecule has 1 aromatic rings. The average molecular weight is 564 g/mol. The van der Waals surface area contributed by atoms with Crippen molar-refractivity contribution in [2.24, 2.45) is 0 Å². The highest BCUT2D eigenvalue weighted by molar-refractivity contribution is 5.92. The van der Waals surface area contributed by atoms with Gasteiger partial charge in [-0.25, -0.2) is 4.79 Å². The first-order valence-electron chi connectivity index (χ1n) is 14.4. The number of amides is 3. The van der Waals surface area contributed by atoms with Crippen molar-refractivity contribution in [3.63, 3.8) is 0 Å². The Morgan fingerprint density at radius 3 is 2.17 bits per heavy atom. The lowest BCUT2D eigenvalue weighted by molar-refractivity contribution is -0.144. The molecule has 40 heavy (non-hydrogen) atoms. The van der Waals surface area contributed by atoms with E-state index in [1.807, 2.05) is 19.1 Å². The third-order valence-corrected chi connectivity index (χ3v) is 6.15. The number of aliphatic hydroxyl groups is 1. The molecule has 0 aromatic heterocycles. The number of ether oxygens (including phenoxy) is 2. The van der Waals surface area contributed by atoms with Gasteiger partial charge in [0.25, 0.3) is 0 Å². The van der Waals surface area contributed by atoms with Crippen molar-refractivity contribution < 1.29 is 33.8 Å². The summed E-state index contributed by atoms with van der Waals surface area (Å²) in [5.41, 5.74) is 0.860. The molecule has 0 spiro atoms. The number of hydrogen-bond donors (Lipinski definition) is 3. The van der Waals surface area contributed by atoms with E-state index >= 15 is 0 Å². The summed E-state index contributed by atoms with van der Waals surface area (Å²) in [7, 11) is 0.